The van der Waals surface area contributed by atoms with E-state index in [-0.39, 0.29) is 72.0 Å². The number of carbonyl (C=O) groups excluding carboxylic acids is 1. The van der Waals surface area contributed by atoms with E-state index in [1.807, 2.05) is 70.1 Å². The van der Waals surface area contributed by atoms with E-state index in [0.29, 0.717) is 36.0 Å². The maximum Gasteiger partial charge on any atom is 1.00 e. The molecule has 12 nitrogen and oxygen atoms in total. The number of anilines is 2. The Balaban J connectivity index is 0.00000625. The minimum Gasteiger partial charge on any atom is -0.748 e. The summed E-state index contributed by atoms with van der Waals surface area (Å²) >= 11 is 13.0. The van der Waals surface area contributed by atoms with Gasteiger partial charge in [-0.3, -0.25) is 4.79 Å². The van der Waals surface area contributed by atoms with Gasteiger partial charge in [0.1, 0.15) is 5.82 Å². The second kappa shape index (κ2) is 16.7. The number of halogens is 2. The maximum atomic E-state index is 12.8. The molecular weight excluding hydrogens is 712 g/mol. The second-order valence-electron chi connectivity index (χ2n) is 11.0. The Morgan fingerprint density at radius 1 is 0.917 bits per heavy atom. The summed E-state index contributed by atoms with van der Waals surface area (Å²) in [6.07, 6.45) is 5.71. The molecule has 0 saturated carbocycles. The van der Waals surface area contributed by atoms with E-state index in [1.165, 1.54) is 0 Å². The van der Waals surface area contributed by atoms with Crippen molar-refractivity contribution in [3.05, 3.63) is 69.2 Å². The molecule has 3 aromatic rings. The summed E-state index contributed by atoms with van der Waals surface area (Å²) in [5, 5.41) is 3.59. The van der Waals surface area contributed by atoms with Gasteiger partial charge in [0.2, 0.25) is 0 Å². The Morgan fingerprint density at radius 3 is 2.17 bits per heavy atom. The van der Waals surface area contributed by atoms with Crippen molar-refractivity contribution >= 4 is 77.8 Å². The zero-order valence-corrected chi connectivity index (χ0v) is 32.8. The molecule has 4 rings (SSSR count). The van der Waals surface area contributed by atoms with Gasteiger partial charge in [0.15, 0.2) is 11.0 Å². The van der Waals surface area contributed by atoms with Crippen LogP contribution in [0.25, 0.3) is 17.1 Å². The second-order valence-corrected chi connectivity index (χ2v) is 14.9. The Hall–Kier alpha value is -2.14. The Bertz CT molecular complexity index is 1960. The van der Waals surface area contributed by atoms with Crippen LogP contribution in [-0.2, 0) is 33.3 Å². The number of nitrogens with zero attached hydrogens (tertiary/aromatic N) is 4. The quantitative estimate of drug-likeness (QED) is 0.146. The molecule has 256 valence electrons. The van der Waals surface area contributed by atoms with Gasteiger partial charge in [-0.2, -0.15) is 0 Å². The number of carbonyl (C=O) groups is 1. The minimum absolute atomic E-state index is 0. The fourth-order valence-electron chi connectivity index (χ4n) is 5.80. The molecule has 0 spiro atoms. The van der Waals surface area contributed by atoms with Crippen LogP contribution in [0.15, 0.2) is 42.2 Å². The number of hydrogen-bond acceptors (Lipinski definition) is 9. The first-order valence-electron chi connectivity index (χ1n) is 15.2. The average molecular weight is 751 g/mol. The number of nitrogens with one attached hydrogen (secondary N) is 1. The normalized spacial score (nSPS) is 14.3. The number of imidazole rings is 1. The molecule has 17 heteroatoms. The molecule has 0 saturated heterocycles. The molecule has 0 bridgehead atoms. The van der Waals surface area contributed by atoms with Crippen LogP contribution in [0.1, 0.15) is 55.4 Å². The summed E-state index contributed by atoms with van der Waals surface area (Å²) in [7, 11) is -8.84. The topological polar surface area (TPSA) is 159 Å². The van der Waals surface area contributed by atoms with E-state index in [2.05, 4.69) is 5.32 Å². The van der Waals surface area contributed by atoms with Crippen LogP contribution in [0, 0.1) is 6.92 Å². The molecule has 0 fully saturated rings. The number of fused-ring (bicyclic) bond motifs is 2. The first-order valence-corrected chi connectivity index (χ1v) is 19.2. The number of allylic oxidation sites excluding steroid dienone is 2. The third-order valence-electron chi connectivity index (χ3n) is 7.85. The molecule has 0 atom stereocenters. The van der Waals surface area contributed by atoms with Crippen molar-refractivity contribution in [1.82, 2.24) is 9.88 Å². The maximum absolute atomic E-state index is 12.8. The number of aryl methyl sites for hydroxylation is 3. The van der Waals surface area contributed by atoms with Crippen LogP contribution in [0.3, 0.4) is 0 Å². The van der Waals surface area contributed by atoms with Crippen molar-refractivity contribution in [2.24, 2.45) is 0 Å². The molecule has 2 heterocycles. The Kier molecular flexibility index (Phi) is 14.0. The largest absolute Gasteiger partial charge is 1.00 e. The zero-order chi connectivity index (χ0) is 34.7. The summed E-state index contributed by atoms with van der Waals surface area (Å²) in [5.74, 6) is 0.0149. The van der Waals surface area contributed by atoms with Gasteiger partial charge < -0.3 is 24.2 Å². The zero-order valence-electron chi connectivity index (χ0n) is 27.6. The third-order valence-corrected chi connectivity index (χ3v) is 10.1. The van der Waals surface area contributed by atoms with Crippen LogP contribution < -0.4 is 49.2 Å². The minimum atomic E-state index is -4.45. The van der Waals surface area contributed by atoms with E-state index >= 15 is 0 Å². The van der Waals surface area contributed by atoms with Crippen molar-refractivity contribution in [1.29, 1.82) is 0 Å². The summed E-state index contributed by atoms with van der Waals surface area (Å²) in [6, 6.07) is 7.16. The van der Waals surface area contributed by atoms with E-state index in [0.717, 1.165) is 28.3 Å². The van der Waals surface area contributed by atoms with Gasteiger partial charge in [-0.15, -0.1) is 0 Å². The number of rotatable bonds is 14. The summed E-state index contributed by atoms with van der Waals surface area (Å²) in [4.78, 5) is 16.8. The molecule has 1 aromatic heterocycles. The van der Waals surface area contributed by atoms with E-state index in [4.69, 9.17) is 23.2 Å². The summed E-state index contributed by atoms with van der Waals surface area (Å²) in [6.45, 7) is 9.53. The van der Waals surface area contributed by atoms with Crippen LogP contribution in [0.4, 0.5) is 11.4 Å². The molecule has 0 unspecified atom stereocenters. The van der Waals surface area contributed by atoms with Gasteiger partial charge in [0, 0.05) is 54.4 Å². The van der Waals surface area contributed by atoms with Gasteiger partial charge in [-0.1, -0.05) is 29.3 Å². The van der Waals surface area contributed by atoms with Crippen molar-refractivity contribution in [2.75, 3.05) is 40.9 Å². The molecule has 48 heavy (non-hydrogen) atoms. The molecule has 0 radical (unpaired) electrons. The molecule has 1 N–H and O–H groups in total. The fraction of sp³-hybridized carbons (Fsp3) is 0.419. The molecule has 1 amide bonds. The SMILES string of the molecule is CCNC(=O)c1cc2c(cc1Cl)n(CC)c(/C=C/C=C1\N(CC)c3cc(Cl)c(C)cc3N1CCCS(=O)(=O)[O-])[n+]2CCCS(=O)(=O)[O-].[Na+]. The predicted octanol–water partition coefficient (Wildman–Crippen LogP) is 1.39. The molecule has 0 aliphatic carbocycles. The third kappa shape index (κ3) is 9.34. The van der Waals surface area contributed by atoms with E-state index in [9.17, 15) is 30.7 Å². The van der Waals surface area contributed by atoms with Crippen molar-refractivity contribution in [3.8, 4) is 0 Å². The van der Waals surface area contributed by atoms with E-state index < -0.39 is 31.7 Å². The van der Waals surface area contributed by atoms with Gasteiger partial charge in [0.05, 0.1) is 55.3 Å². The number of hydrogen-bond donors (Lipinski definition) is 1. The Morgan fingerprint density at radius 2 is 1.56 bits per heavy atom. The van der Waals surface area contributed by atoms with Gasteiger partial charge >= 0.3 is 29.6 Å². The fourth-order valence-corrected chi connectivity index (χ4v) is 7.17. The monoisotopic (exact) mass is 749 g/mol. The van der Waals surface area contributed by atoms with Gasteiger partial charge in [-0.25, -0.2) is 26.0 Å². The predicted molar refractivity (Wildman–Crippen MR) is 183 cm³/mol. The first-order chi connectivity index (χ1) is 22.1. The number of benzene rings is 2. The van der Waals surface area contributed by atoms with E-state index in [1.54, 1.807) is 19.1 Å². The molecular formula is C31H38Cl2N5NaO7S2. The summed E-state index contributed by atoms with van der Waals surface area (Å²) < 4.78 is 72.3. The number of aromatic nitrogens is 2. The molecule has 1 aliphatic rings. The van der Waals surface area contributed by atoms with Crippen molar-refractivity contribution in [3.63, 3.8) is 0 Å². The standard InChI is InChI=1S/C31H39Cl2N5O7S2.Na/c1-5-34-31(39)22-18-26-28(20-24(22)33)36(7-3)30(38(26)14-10-16-47(43,44)45)12-8-11-29-35(6-2)27-19-23(32)21(4)17-25(27)37(29)13-9-15-46(40,41)42;/h8,11-12,17-20H,5-7,9-10,13-16H2,1-4H3,(H2-,34,39,40,41,42,43,44,45);/q;+1/p-1. The average Bonchev–Trinajstić information content (AvgIpc) is 3.41. The summed E-state index contributed by atoms with van der Waals surface area (Å²) in [5.41, 5.74) is 4.15. The molecule has 2 aromatic carbocycles. The smallest absolute Gasteiger partial charge is 0.748 e. The first kappa shape index (κ1) is 40.3. The van der Waals surface area contributed by atoms with Crippen LogP contribution in [0.5, 0.6) is 0 Å². The van der Waals surface area contributed by atoms with Crippen molar-refractivity contribution < 1.29 is 64.9 Å². The number of amides is 1. The van der Waals surface area contributed by atoms with Crippen LogP contribution in [0.2, 0.25) is 10.0 Å². The molecule has 1 aliphatic heterocycles. The van der Waals surface area contributed by atoms with Crippen LogP contribution >= 0.6 is 23.2 Å². The van der Waals surface area contributed by atoms with Gasteiger partial charge in [-0.05, 0) is 64.3 Å². The van der Waals surface area contributed by atoms with Crippen molar-refractivity contribution in [2.45, 2.75) is 53.6 Å². The van der Waals surface area contributed by atoms with Crippen LogP contribution in [-0.4, -0.2) is 67.6 Å². The van der Waals surface area contributed by atoms with Gasteiger partial charge in [0.25, 0.3) is 11.7 Å². The Labute approximate surface area is 314 Å².